The molecule has 1 atom stereocenters. The van der Waals surface area contributed by atoms with E-state index in [-0.39, 0.29) is 42.6 Å². The van der Waals surface area contributed by atoms with Crippen molar-refractivity contribution in [3.8, 4) is 0 Å². The molecule has 0 aromatic heterocycles. The van der Waals surface area contributed by atoms with Crippen molar-refractivity contribution in [1.82, 2.24) is 0 Å². The van der Waals surface area contributed by atoms with Crippen molar-refractivity contribution in [2.24, 2.45) is 23.2 Å². The van der Waals surface area contributed by atoms with Crippen molar-refractivity contribution >= 4 is 11.9 Å². The molecule has 4 aliphatic carbocycles. The van der Waals surface area contributed by atoms with Gasteiger partial charge in [0.2, 0.25) is 0 Å². The Balaban J connectivity index is 1.90. The van der Waals surface area contributed by atoms with Gasteiger partial charge in [-0.3, -0.25) is 4.79 Å². The van der Waals surface area contributed by atoms with E-state index in [2.05, 4.69) is 16.1 Å². The number of esters is 2. The molecule has 4 fully saturated rings. The van der Waals surface area contributed by atoms with E-state index in [1.807, 2.05) is 0 Å². The van der Waals surface area contributed by atoms with Gasteiger partial charge in [-0.15, -0.1) is 0 Å². The molecule has 4 rings (SSSR count). The van der Waals surface area contributed by atoms with E-state index in [4.69, 9.17) is 0 Å². The van der Waals surface area contributed by atoms with E-state index in [1.54, 1.807) is 0 Å². The van der Waals surface area contributed by atoms with E-state index in [0.29, 0.717) is 0 Å². The molecule has 0 saturated heterocycles. The second-order valence-corrected chi connectivity index (χ2v) is 9.61. The summed E-state index contributed by atoms with van der Waals surface area (Å²) in [6.45, 7) is 5.36. The normalized spacial score (nSPS) is 31.3. The summed E-state index contributed by atoms with van der Waals surface area (Å²) in [5.41, 5.74) is -6.26. The van der Waals surface area contributed by atoms with E-state index >= 15 is 0 Å². The van der Waals surface area contributed by atoms with Gasteiger partial charge in [-0.05, 0) is 70.1 Å². The molecule has 0 N–H and O–H groups in total. The zero-order valence-electron chi connectivity index (χ0n) is 17.4. The van der Waals surface area contributed by atoms with Crippen LogP contribution in [-0.4, -0.2) is 36.0 Å². The van der Waals surface area contributed by atoms with Gasteiger partial charge >= 0.3 is 29.9 Å². The van der Waals surface area contributed by atoms with Crippen LogP contribution in [-0.2, 0) is 19.1 Å². The standard InChI is InChI=1S/C21H26F6O4/c1-11(2)16(28)30-12(3)7-19(20(22,23)24,21(25,26)27)31-17(29)18-8-13-4-14(9-18)6-15(5-13)10-18/h12-15H,1,4-10H2,2-3H3. The molecule has 0 radical (unpaired) electrons. The highest BCUT2D eigenvalue weighted by Crippen LogP contribution is 2.61. The van der Waals surface area contributed by atoms with Crippen LogP contribution in [0.25, 0.3) is 0 Å². The first kappa shape index (κ1) is 23.9. The number of rotatable bonds is 6. The molecule has 4 saturated carbocycles. The Hall–Kier alpha value is -1.74. The van der Waals surface area contributed by atoms with Crippen molar-refractivity contribution in [2.75, 3.05) is 0 Å². The zero-order valence-corrected chi connectivity index (χ0v) is 17.4. The molecule has 0 spiro atoms. The molecule has 0 aromatic carbocycles. The Labute approximate surface area is 176 Å². The van der Waals surface area contributed by atoms with Crippen molar-refractivity contribution in [2.45, 2.75) is 82.9 Å². The smallest absolute Gasteiger partial charge is 0.437 e. The SMILES string of the molecule is C=C(C)C(=O)OC(C)CC(OC(=O)C12CC3CC(CC(C3)C1)C2)(C(F)(F)F)C(F)(F)F. The fourth-order valence-corrected chi connectivity index (χ4v) is 5.91. The number of alkyl halides is 6. The van der Waals surface area contributed by atoms with Crippen LogP contribution in [0, 0.1) is 23.2 Å². The highest BCUT2D eigenvalue weighted by Gasteiger charge is 2.75. The summed E-state index contributed by atoms with van der Waals surface area (Å²) in [7, 11) is 0. The molecule has 1 unspecified atom stereocenters. The zero-order chi connectivity index (χ0) is 23.4. The summed E-state index contributed by atoms with van der Waals surface area (Å²) < 4.78 is 92.5. The number of carbonyl (C=O) groups is 2. The second-order valence-electron chi connectivity index (χ2n) is 9.61. The van der Waals surface area contributed by atoms with Gasteiger partial charge in [0.05, 0.1) is 5.41 Å². The molecule has 176 valence electrons. The van der Waals surface area contributed by atoms with Crippen molar-refractivity contribution in [1.29, 1.82) is 0 Å². The van der Waals surface area contributed by atoms with Gasteiger partial charge in [0.1, 0.15) is 6.10 Å². The van der Waals surface area contributed by atoms with Crippen LogP contribution in [0.5, 0.6) is 0 Å². The first-order valence-corrected chi connectivity index (χ1v) is 10.3. The van der Waals surface area contributed by atoms with Crippen LogP contribution in [0.4, 0.5) is 26.3 Å². The van der Waals surface area contributed by atoms with E-state index in [1.165, 1.54) is 6.92 Å². The highest BCUT2D eigenvalue weighted by atomic mass is 19.4. The van der Waals surface area contributed by atoms with Crippen LogP contribution in [0.3, 0.4) is 0 Å². The van der Waals surface area contributed by atoms with E-state index in [0.717, 1.165) is 26.2 Å². The van der Waals surface area contributed by atoms with Crippen molar-refractivity contribution in [3.63, 3.8) is 0 Å². The summed E-state index contributed by atoms with van der Waals surface area (Å²) in [4.78, 5) is 24.6. The molecule has 0 heterocycles. The maximum atomic E-state index is 13.9. The number of hydrogen-bond acceptors (Lipinski definition) is 4. The van der Waals surface area contributed by atoms with Gasteiger partial charge < -0.3 is 9.47 Å². The topological polar surface area (TPSA) is 52.6 Å². The predicted molar refractivity (Wildman–Crippen MR) is 96.5 cm³/mol. The summed E-state index contributed by atoms with van der Waals surface area (Å²) in [5, 5.41) is 0. The first-order valence-electron chi connectivity index (χ1n) is 10.3. The van der Waals surface area contributed by atoms with Gasteiger partial charge in [-0.1, -0.05) is 6.58 Å². The second kappa shape index (κ2) is 7.69. The van der Waals surface area contributed by atoms with Gasteiger partial charge in [0.25, 0.3) is 0 Å². The van der Waals surface area contributed by atoms with Gasteiger partial charge in [0, 0.05) is 12.0 Å². The summed E-state index contributed by atoms with van der Waals surface area (Å²) in [6, 6.07) is 0. The molecule has 4 aliphatic rings. The maximum Gasteiger partial charge on any atom is 0.437 e. The Morgan fingerprint density at radius 2 is 1.39 bits per heavy atom. The third-order valence-electron chi connectivity index (χ3n) is 6.89. The Bertz CT molecular complexity index is 705. The largest absolute Gasteiger partial charge is 0.459 e. The average Bonchev–Trinajstić information content (AvgIpc) is 2.57. The lowest BCUT2D eigenvalue weighted by Gasteiger charge is -2.55. The van der Waals surface area contributed by atoms with Crippen molar-refractivity contribution in [3.05, 3.63) is 12.2 Å². The minimum Gasteiger partial charge on any atom is -0.459 e. The molecular formula is C21H26F6O4. The van der Waals surface area contributed by atoms with Crippen molar-refractivity contribution < 1.29 is 45.4 Å². The minimum atomic E-state index is -5.95. The average molecular weight is 456 g/mol. The Kier molecular flexibility index (Phi) is 5.93. The molecular weight excluding hydrogens is 430 g/mol. The number of halogens is 6. The van der Waals surface area contributed by atoms with Gasteiger partial charge in [0.15, 0.2) is 0 Å². The van der Waals surface area contributed by atoms with Crippen LogP contribution in [0.1, 0.15) is 58.8 Å². The molecule has 0 aromatic rings. The first-order chi connectivity index (χ1) is 14.1. The highest BCUT2D eigenvalue weighted by molar-refractivity contribution is 5.87. The van der Waals surface area contributed by atoms with Gasteiger partial charge in [-0.25, -0.2) is 4.79 Å². The third-order valence-corrected chi connectivity index (χ3v) is 6.89. The predicted octanol–water partition coefficient (Wildman–Crippen LogP) is 5.51. The molecule has 10 heteroatoms. The van der Waals surface area contributed by atoms with Crippen LogP contribution >= 0.6 is 0 Å². The monoisotopic (exact) mass is 456 g/mol. The molecule has 0 aliphatic heterocycles. The lowest BCUT2D eigenvalue weighted by atomic mass is 9.49. The summed E-state index contributed by atoms with van der Waals surface area (Å²) in [5.74, 6) is -2.20. The molecule has 31 heavy (non-hydrogen) atoms. The fraction of sp³-hybridized carbons (Fsp3) is 0.810. The van der Waals surface area contributed by atoms with Crippen LogP contribution in [0.2, 0.25) is 0 Å². The quantitative estimate of drug-likeness (QED) is 0.301. The molecule has 4 nitrogen and oxygen atoms in total. The Morgan fingerprint density at radius 3 is 1.74 bits per heavy atom. The van der Waals surface area contributed by atoms with Crippen LogP contribution < -0.4 is 0 Å². The van der Waals surface area contributed by atoms with Gasteiger partial charge in [-0.2, -0.15) is 26.3 Å². The third kappa shape index (κ3) is 4.31. The lowest BCUT2D eigenvalue weighted by Crippen LogP contribution is -2.63. The maximum absolute atomic E-state index is 13.9. The number of hydrogen-bond donors (Lipinski definition) is 0. The fourth-order valence-electron chi connectivity index (χ4n) is 5.91. The van der Waals surface area contributed by atoms with E-state index < -0.39 is 47.8 Å². The molecule has 4 bridgehead atoms. The minimum absolute atomic E-state index is 0.125. The summed E-state index contributed by atoms with van der Waals surface area (Å²) >= 11 is 0. The summed E-state index contributed by atoms with van der Waals surface area (Å²) in [6.07, 6.45) is -12.2. The Morgan fingerprint density at radius 1 is 0.968 bits per heavy atom. The number of carbonyl (C=O) groups excluding carboxylic acids is 2. The van der Waals surface area contributed by atoms with Crippen LogP contribution in [0.15, 0.2) is 12.2 Å². The molecule has 0 amide bonds. The van der Waals surface area contributed by atoms with E-state index in [9.17, 15) is 35.9 Å². The number of ether oxygens (including phenoxy) is 2. The lowest BCUT2D eigenvalue weighted by molar-refractivity contribution is -0.378.